The number of hydrogen-bond acceptors (Lipinski definition) is 5. The summed E-state index contributed by atoms with van der Waals surface area (Å²) in [5.74, 6) is 1.16. The molecule has 0 aliphatic carbocycles. The fourth-order valence-corrected chi connectivity index (χ4v) is 2.21. The Morgan fingerprint density at radius 3 is 3.00 bits per heavy atom. The van der Waals surface area contributed by atoms with E-state index in [2.05, 4.69) is 12.2 Å². The van der Waals surface area contributed by atoms with Crippen LogP contribution in [0.25, 0.3) is 0 Å². The topological polar surface area (TPSA) is 71.0 Å². The van der Waals surface area contributed by atoms with E-state index in [1.54, 1.807) is 19.0 Å². The van der Waals surface area contributed by atoms with Crippen LogP contribution in [0.5, 0.6) is 11.5 Å². The van der Waals surface area contributed by atoms with Crippen LogP contribution in [0.4, 0.5) is 5.69 Å². The van der Waals surface area contributed by atoms with Crippen LogP contribution in [-0.4, -0.2) is 49.1 Å². The van der Waals surface area contributed by atoms with Crippen LogP contribution in [0.15, 0.2) is 18.2 Å². The maximum atomic E-state index is 11.3. The van der Waals surface area contributed by atoms with Crippen molar-refractivity contribution in [3.63, 3.8) is 0 Å². The van der Waals surface area contributed by atoms with Crippen molar-refractivity contribution in [2.75, 3.05) is 31.6 Å². The van der Waals surface area contributed by atoms with Gasteiger partial charge in [0, 0.05) is 12.6 Å². The Morgan fingerprint density at radius 1 is 1.48 bits per heavy atom. The van der Waals surface area contributed by atoms with E-state index in [0.717, 1.165) is 13.0 Å². The predicted octanol–water partition coefficient (Wildman–Crippen LogP) is 1.22. The number of carbonyl (C=O) groups is 1. The van der Waals surface area contributed by atoms with Crippen molar-refractivity contribution in [2.24, 2.45) is 0 Å². The fourth-order valence-electron chi connectivity index (χ4n) is 2.21. The van der Waals surface area contributed by atoms with Crippen LogP contribution in [0.2, 0.25) is 6.82 Å². The molecule has 7 heteroatoms. The van der Waals surface area contributed by atoms with Crippen LogP contribution in [-0.2, 0) is 4.79 Å². The number of ether oxygens (including phenoxy) is 2. The van der Waals surface area contributed by atoms with Gasteiger partial charge in [-0.2, -0.15) is 0 Å². The van der Waals surface area contributed by atoms with Crippen LogP contribution < -0.4 is 14.8 Å². The second-order valence-electron chi connectivity index (χ2n) is 5.01. The van der Waals surface area contributed by atoms with Gasteiger partial charge in [-0.25, -0.2) is 0 Å². The van der Waals surface area contributed by atoms with Crippen molar-refractivity contribution in [3.05, 3.63) is 18.2 Å². The number of fused-ring (bicyclic) bond motifs is 1. The van der Waals surface area contributed by atoms with Crippen molar-refractivity contribution < 1.29 is 19.3 Å². The number of rotatable bonds is 7. The maximum Gasteiger partial charge on any atom is 0.376 e. The number of carbonyl (C=O) groups excluding carboxylic acids is 1. The number of nitrogens with one attached hydrogen (secondary N) is 1. The largest absolute Gasteiger partial charge is 0.492 e. The summed E-state index contributed by atoms with van der Waals surface area (Å²) in [7, 11) is -0.482. The summed E-state index contributed by atoms with van der Waals surface area (Å²) in [4.78, 5) is 13.2. The molecule has 1 aromatic rings. The van der Waals surface area contributed by atoms with Gasteiger partial charge in [0.05, 0.1) is 12.3 Å². The number of anilines is 1. The lowest BCUT2D eigenvalue weighted by Crippen LogP contribution is -2.40. The van der Waals surface area contributed by atoms with Crippen molar-refractivity contribution in [3.8, 4) is 11.5 Å². The minimum atomic E-state index is -0.482. The zero-order chi connectivity index (χ0) is 15.2. The smallest absolute Gasteiger partial charge is 0.376 e. The van der Waals surface area contributed by atoms with Crippen molar-refractivity contribution in [1.29, 1.82) is 0 Å². The van der Waals surface area contributed by atoms with Crippen LogP contribution in [0, 0.1) is 0 Å². The summed E-state index contributed by atoms with van der Waals surface area (Å²) >= 11 is 0. The van der Waals surface area contributed by atoms with Gasteiger partial charge < -0.3 is 24.6 Å². The molecule has 2 N–H and O–H groups in total. The van der Waals surface area contributed by atoms with Crippen molar-refractivity contribution in [2.45, 2.75) is 20.2 Å². The molecule has 1 amide bonds. The number of nitrogens with zero attached hydrogens (tertiary/aromatic N) is 1. The van der Waals surface area contributed by atoms with E-state index in [0.29, 0.717) is 30.3 Å². The third kappa shape index (κ3) is 4.37. The molecule has 1 aliphatic rings. The molecule has 1 aliphatic heterocycles. The van der Waals surface area contributed by atoms with Gasteiger partial charge in [0.1, 0.15) is 11.5 Å². The molecule has 6 nitrogen and oxygen atoms in total. The average molecular weight is 292 g/mol. The van der Waals surface area contributed by atoms with Gasteiger partial charge in [0.2, 0.25) is 0 Å². The lowest BCUT2D eigenvalue weighted by atomic mass is 9.85. The Labute approximate surface area is 125 Å². The first-order valence-corrected chi connectivity index (χ1v) is 7.21. The highest BCUT2D eigenvalue weighted by Gasteiger charge is 2.17. The van der Waals surface area contributed by atoms with Crippen LogP contribution in [0.3, 0.4) is 0 Å². The number of hydrogen-bond donors (Lipinski definition) is 2. The normalized spacial score (nSPS) is 13.4. The first-order chi connectivity index (χ1) is 10.1. The van der Waals surface area contributed by atoms with E-state index < -0.39 is 7.05 Å². The summed E-state index contributed by atoms with van der Waals surface area (Å²) in [6, 6.07) is 5.34. The van der Waals surface area contributed by atoms with Gasteiger partial charge in [0.15, 0.2) is 6.61 Å². The molecule has 21 heavy (non-hydrogen) atoms. The van der Waals surface area contributed by atoms with Gasteiger partial charge in [-0.3, -0.25) is 4.79 Å². The van der Waals surface area contributed by atoms with E-state index >= 15 is 0 Å². The molecule has 0 unspecified atom stereocenters. The summed E-state index contributed by atoms with van der Waals surface area (Å²) in [5.41, 5.74) is 0.629. The Hall–Kier alpha value is -1.73. The second-order valence-corrected chi connectivity index (χ2v) is 5.01. The molecular formula is C14H21BN2O4. The predicted molar refractivity (Wildman–Crippen MR) is 81.8 cm³/mol. The highest BCUT2D eigenvalue weighted by Crippen LogP contribution is 2.31. The van der Waals surface area contributed by atoms with Gasteiger partial charge >= 0.3 is 7.05 Å². The van der Waals surface area contributed by atoms with Crippen molar-refractivity contribution in [1.82, 2.24) is 4.81 Å². The maximum absolute atomic E-state index is 11.3. The summed E-state index contributed by atoms with van der Waals surface area (Å²) < 4.78 is 11.0. The quantitative estimate of drug-likeness (QED) is 0.739. The molecule has 0 spiro atoms. The lowest BCUT2D eigenvalue weighted by molar-refractivity contribution is -0.118. The van der Waals surface area contributed by atoms with Crippen LogP contribution >= 0.6 is 0 Å². The molecule has 0 fully saturated rings. The molecule has 114 valence electrons. The Morgan fingerprint density at radius 2 is 2.29 bits per heavy atom. The fraction of sp³-hybridized carbons (Fsp3) is 0.500. The minimum Gasteiger partial charge on any atom is -0.492 e. The number of benzene rings is 1. The Balaban J connectivity index is 1.89. The van der Waals surface area contributed by atoms with Gasteiger partial charge in [-0.15, -0.1) is 0 Å². The van der Waals surface area contributed by atoms with Crippen molar-refractivity contribution >= 4 is 18.6 Å². The van der Waals surface area contributed by atoms with Gasteiger partial charge in [-0.1, -0.05) is 6.92 Å². The highest BCUT2D eigenvalue weighted by molar-refractivity contribution is 6.45. The standard InChI is InChI=1S/C14H21BN2O4/c1-3-6-17(15(2)19)7-8-20-11-4-5-13-12(9-11)16-14(18)10-21-13/h4-5,9,19H,3,6-8,10H2,1-2H3,(H,16,18). The molecule has 2 rings (SSSR count). The van der Waals surface area contributed by atoms with E-state index in [-0.39, 0.29) is 12.5 Å². The second kappa shape index (κ2) is 7.33. The third-order valence-electron chi connectivity index (χ3n) is 3.27. The molecule has 0 aromatic heterocycles. The molecule has 0 saturated carbocycles. The van der Waals surface area contributed by atoms with Gasteiger partial charge in [-0.05, 0) is 31.9 Å². The first kappa shape index (κ1) is 15.7. The monoisotopic (exact) mass is 292 g/mol. The zero-order valence-electron chi connectivity index (χ0n) is 12.5. The lowest BCUT2D eigenvalue weighted by Gasteiger charge is -2.23. The van der Waals surface area contributed by atoms with E-state index in [1.165, 1.54) is 0 Å². The Bertz CT molecular complexity index is 496. The molecule has 0 bridgehead atoms. The molecular weight excluding hydrogens is 271 g/mol. The molecule has 0 radical (unpaired) electrons. The van der Waals surface area contributed by atoms with E-state index in [4.69, 9.17) is 9.47 Å². The molecule has 0 saturated heterocycles. The first-order valence-electron chi connectivity index (χ1n) is 7.21. The summed E-state index contributed by atoms with van der Waals surface area (Å²) in [6.45, 7) is 5.82. The van der Waals surface area contributed by atoms with E-state index in [9.17, 15) is 9.82 Å². The van der Waals surface area contributed by atoms with Crippen LogP contribution in [0.1, 0.15) is 13.3 Å². The molecule has 0 atom stereocenters. The third-order valence-corrected chi connectivity index (χ3v) is 3.27. The molecule has 1 heterocycles. The van der Waals surface area contributed by atoms with Gasteiger partial charge in [0.25, 0.3) is 5.91 Å². The SMILES string of the molecule is CCCN(CCOc1ccc2c(c1)NC(=O)CO2)B(C)O. The Kier molecular flexibility index (Phi) is 5.47. The molecule has 1 aromatic carbocycles. The number of amides is 1. The summed E-state index contributed by atoms with van der Waals surface area (Å²) in [5, 5.41) is 12.4. The highest BCUT2D eigenvalue weighted by atomic mass is 16.5. The minimum absolute atomic E-state index is 0.0492. The summed E-state index contributed by atoms with van der Waals surface area (Å²) in [6.07, 6.45) is 0.979. The van der Waals surface area contributed by atoms with E-state index in [1.807, 2.05) is 10.9 Å². The zero-order valence-corrected chi connectivity index (χ0v) is 12.5. The average Bonchev–Trinajstić information content (AvgIpc) is 2.45.